The molecule has 0 aromatic heterocycles. The monoisotopic (exact) mass is 208 g/mol. The Hall–Kier alpha value is -1.06. The van der Waals surface area contributed by atoms with Gasteiger partial charge in [0, 0.05) is 5.92 Å². The van der Waals surface area contributed by atoms with Crippen molar-refractivity contribution in [3.05, 3.63) is 29.8 Å². The predicted molar refractivity (Wildman–Crippen MR) is 57.2 cm³/mol. The molecule has 0 saturated carbocycles. The van der Waals surface area contributed by atoms with Gasteiger partial charge in [-0.3, -0.25) is 0 Å². The Balaban J connectivity index is 2.09. The Morgan fingerprint density at radius 3 is 3.07 bits per heavy atom. The van der Waals surface area contributed by atoms with E-state index in [4.69, 9.17) is 14.6 Å². The molecule has 82 valence electrons. The third-order valence-corrected chi connectivity index (χ3v) is 2.85. The van der Waals surface area contributed by atoms with Crippen molar-refractivity contribution >= 4 is 0 Å². The number of aliphatic hydroxyl groups is 1. The first kappa shape index (κ1) is 10.5. The van der Waals surface area contributed by atoms with Crippen LogP contribution in [0.3, 0.4) is 0 Å². The lowest BCUT2D eigenvalue weighted by Gasteiger charge is -2.09. The number of rotatable bonds is 3. The molecule has 1 aliphatic heterocycles. The molecule has 1 heterocycles. The van der Waals surface area contributed by atoms with Crippen LogP contribution in [-0.2, 0) is 4.74 Å². The average molecular weight is 208 g/mol. The fourth-order valence-electron chi connectivity index (χ4n) is 1.96. The molecule has 1 saturated heterocycles. The Labute approximate surface area is 89.6 Å². The Morgan fingerprint density at radius 2 is 2.40 bits per heavy atom. The molecule has 0 spiro atoms. The highest BCUT2D eigenvalue weighted by molar-refractivity contribution is 5.31. The summed E-state index contributed by atoms with van der Waals surface area (Å²) in [5, 5.41) is 8.98. The van der Waals surface area contributed by atoms with Crippen LogP contribution >= 0.6 is 0 Å². The second-order valence-electron chi connectivity index (χ2n) is 3.85. The van der Waals surface area contributed by atoms with Gasteiger partial charge in [0.1, 0.15) is 5.75 Å². The van der Waals surface area contributed by atoms with Crippen LogP contribution < -0.4 is 4.74 Å². The lowest BCUT2D eigenvalue weighted by molar-refractivity contribution is 0.0585. The molecule has 1 aromatic carbocycles. The fourth-order valence-corrected chi connectivity index (χ4v) is 1.96. The van der Waals surface area contributed by atoms with E-state index in [-0.39, 0.29) is 12.7 Å². The standard InChI is InChI=1S/C12H16O3/c1-14-11-4-2-3-9(5-11)10-6-12(7-13)15-8-10/h2-5,10,12-13H,6-8H2,1H3. The molecule has 3 nitrogen and oxygen atoms in total. The van der Waals surface area contributed by atoms with Gasteiger partial charge in [-0.05, 0) is 24.1 Å². The summed E-state index contributed by atoms with van der Waals surface area (Å²) in [6, 6.07) is 8.04. The lowest BCUT2D eigenvalue weighted by atomic mass is 9.96. The summed E-state index contributed by atoms with van der Waals surface area (Å²) in [7, 11) is 1.67. The van der Waals surface area contributed by atoms with E-state index < -0.39 is 0 Å². The molecule has 1 fully saturated rings. The highest BCUT2D eigenvalue weighted by Gasteiger charge is 2.26. The van der Waals surface area contributed by atoms with E-state index in [1.807, 2.05) is 18.2 Å². The SMILES string of the molecule is COc1cccc(C2COC(CO)C2)c1. The number of aliphatic hydroxyl groups excluding tert-OH is 1. The molecule has 2 atom stereocenters. The second-order valence-corrected chi connectivity index (χ2v) is 3.85. The molecule has 0 amide bonds. The normalized spacial score (nSPS) is 25.5. The first-order valence-corrected chi connectivity index (χ1v) is 5.20. The van der Waals surface area contributed by atoms with Crippen molar-refractivity contribution in [2.24, 2.45) is 0 Å². The van der Waals surface area contributed by atoms with Crippen LogP contribution in [0.2, 0.25) is 0 Å². The fraction of sp³-hybridized carbons (Fsp3) is 0.500. The molecule has 1 N–H and O–H groups in total. The maximum absolute atomic E-state index is 8.98. The molecule has 15 heavy (non-hydrogen) atoms. The van der Waals surface area contributed by atoms with Gasteiger partial charge in [-0.15, -0.1) is 0 Å². The van der Waals surface area contributed by atoms with E-state index in [0.29, 0.717) is 12.5 Å². The van der Waals surface area contributed by atoms with Gasteiger partial charge in [-0.1, -0.05) is 12.1 Å². The number of hydrogen-bond donors (Lipinski definition) is 1. The Kier molecular flexibility index (Phi) is 3.23. The summed E-state index contributed by atoms with van der Waals surface area (Å²) in [5.74, 6) is 1.26. The van der Waals surface area contributed by atoms with Gasteiger partial charge in [0.05, 0.1) is 26.4 Å². The van der Waals surface area contributed by atoms with E-state index in [2.05, 4.69) is 6.07 Å². The minimum Gasteiger partial charge on any atom is -0.497 e. The zero-order valence-corrected chi connectivity index (χ0v) is 8.85. The molecule has 1 aliphatic rings. The van der Waals surface area contributed by atoms with Crippen molar-refractivity contribution in [2.75, 3.05) is 20.3 Å². The zero-order chi connectivity index (χ0) is 10.7. The molecule has 2 rings (SSSR count). The minimum absolute atomic E-state index is 0.00111. The van der Waals surface area contributed by atoms with Crippen LogP contribution in [0.1, 0.15) is 17.9 Å². The van der Waals surface area contributed by atoms with Crippen LogP contribution in [0.15, 0.2) is 24.3 Å². The third-order valence-electron chi connectivity index (χ3n) is 2.85. The van der Waals surface area contributed by atoms with Crippen molar-refractivity contribution < 1.29 is 14.6 Å². The summed E-state index contributed by atoms with van der Waals surface area (Å²) < 4.78 is 10.6. The number of methoxy groups -OCH3 is 1. The average Bonchev–Trinajstić information content (AvgIpc) is 2.78. The third kappa shape index (κ3) is 2.30. The van der Waals surface area contributed by atoms with Crippen LogP contribution in [-0.4, -0.2) is 31.5 Å². The van der Waals surface area contributed by atoms with Crippen molar-refractivity contribution in [3.63, 3.8) is 0 Å². The van der Waals surface area contributed by atoms with E-state index in [1.165, 1.54) is 5.56 Å². The van der Waals surface area contributed by atoms with E-state index >= 15 is 0 Å². The zero-order valence-electron chi connectivity index (χ0n) is 8.85. The largest absolute Gasteiger partial charge is 0.497 e. The maximum atomic E-state index is 8.98. The van der Waals surface area contributed by atoms with Crippen molar-refractivity contribution in [2.45, 2.75) is 18.4 Å². The lowest BCUT2D eigenvalue weighted by Crippen LogP contribution is -2.09. The number of hydrogen-bond acceptors (Lipinski definition) is 3. The van der Waals surface area contributed by atoms with Gasteiger partial charge in [0.15, 0.2) is 0 Å². The van der Waals surface area contributed by atoms with Crippen molar-refractivity contribution in [1.82, 2.24) is 0 Å². The van der Waals surface area contributed by atoms with E-state index in [9.17, 15) is 0 Å². The van der Waals surface area contributed by atoms with Gasteiger partial charge < -0.3 is 14.6 Å². The minimum atomic E-state index is 0.00111. The molecule has 0 bridgehead atoms. The maximum Gasteiger partial charge on any atom is 0.119 e. The van der Waals surface area contributed by atoms with Crippen molar-refractivity contribution in [1.29, 1.82) is 0 Å². The first-order chi connectivity index (χ1) is 7.33. The molecule has 0 aliphatic carbocycles. The highest BCUT2D eigenvalue weighted by atomic mass is 16.5. The van der Waals surface area contributed by atoms with Gasteiger partial charge >= 0.3 is 0 Å². The topological polar surface area (TPSA) is 38.7 Å². The van der Waals surface area contributed by atoms with Gasteiger partial charge in [-0.25, -0.2) is 0 Å². The summed E-state index contributed by atoms with van der Waals surface area (Å²) in [6.45, 7) is 0.804. The highest BCUT2D eigenvalue weighted by Crippen LogP contribution is 2.30. The number of benzene rings is 1. The van der Waals surface area contributed by atoms with Gasteiger partial charge in [0.2, 0.25) is 0 Å². The van der Waals surface area contributed by atoms with Crippen LogP contribution in [0.25, 0.3) is 0 Å². The van der Waals surface area contributed by atoms with E-state index in [0.717, 1.165) is 12.2 Å². The summed E-state index contributed by atoms with van der Waals surface area (Å²) >= 11 is 0. The molecule has 3 heteroatoms. The van der Waals surface area contributed by atoms with Gasteiger partial charge in [0.25, 0.3) is 0 Å². The molecule has 2 unspecified atom stereocenters. The van der Waals surface area contributed by atoms with Crippen LogP contribution in [0, 0.1) is 0 Å². The summed E-state index contributed by atoms with van der Waals surface area (Å²) in [4.78, 5) is 0. The van der Waals surface area contributed by atoms with Crippen LogP contribution in [0.5, 0.6) is 5.75 Å². The Morgan fingerprint density at radius 1 is 1.53 bits per heavy atom. The Bertz CT molecular complexity index is 324. The first-order valence-electron chi connectivity index (χ1n) is 5.20. The van der Waals surface area contributed by atoms with Crippen molar-refractivity contribution in [3.8, 4) is 5.75 Å². The predicted octanol–water partition coefficient (Wildman–Crippen LogP) is 1.56. The smallest absolute Gasteiger partial charge is 0.119 e. The van der Waals surface area contributed by atoms with Gasteiger partial charge in [-0.2, -0.15) is 0 Å². The molecular weight excluding hydrogens is 192 g/mol. The molecule has 0 radical (unpaired) electrons. The molecular formula is C12H16O3. The summed E-state index contributed by atoms with van der Waals surface area (Å²) in [6.07, 6.45) is 0.894. The van der Waals surface area contributed by atoms with E-state index in [1.54, 1.807) is 7.11 Å². The molecule has 1 aromatic rings. The summed E-state index contributed by atoms with van der Waals surface area (Å²) in [5.41, 5.74) is 1.23. The second kappa shape index (κ2) is 4.64. The quantitative estimate of drug-likeness (QED) is 0.819. The number of ether oxygens (including phenoxy) is 2. The van der Waals surface area contributed by atoms with Crippen LogP contribution in [0.4, 0.5) is 0 Å².